The Kier molecular flexibility index (Phi) is 4.45. The first-order valence-corrected chi connectivity index (χ1v) is 9.83. The van der Waals surface area contributed by atoms with Crippen LogP contribution in [0.15, 0.2) is 29.6 Å². The highest BCUT2D eigenvalue weighted by Gasteiger charge is 2.29. The lowest BCUT2D eigenvalue weighted by atomic mass is 10.1. The van der Waals surface area contributed by atoms with Crippen molar-refractivity contribution in [2.45, 2.75) is 12.8 Å². The van der Waals surface area contributed by atoms with E-state index in [9.17, 15) is 17.6 Å². The largest absolute Gasteiger partial charge is 0.302 e. The number of hydrogen-bond donors (Lipinski definition) is 1. The second-order valence-electron chi connectivity index (χ2n) is 5.57. The van der Waals surface area contributed by atoms with E-state index in [-0.39, 0.29) is 35.6 Å². The molecule has 1 unspecified atom stereocenters. The standard InChI is InChI=1S/C15H15FN2O3S2/c16-12-3-1-2-11(7-12)13-8-22-15(17-13)18-14(19)6-10-4-5-23(20,21)9-10/h1-3,7-8,10H,4-6,9H2,(H,17,18,19). The Bertz CT molecular complexity index is 833. The Morgan fingerprint density at radius 1 is 1.43 bits per heavy atom. The van der Waals surface area contributed by atoms with Gasteiger partial charge in [0.05, 0.1) is 17.2 Å². The number of thiazole rings is 1. The lowest BCUT2D eigenvalue weighted by Crippen LogP contribution is -2.17. The second kappa shape index (κ2) is 6.37. The van der Waals surface area contributed by atoms with E-state index in [1.807, 2.05) is 0 Å². The summed E-state index contributed by atoms with van der Waals surface area (Å²) in [6.07, 6.45) is 0.705. The van der Waals surface area contributed by atoms with Gasteiger partial charge >= 0.3 is 0 Å². The van der Waals surface area contributed by atoms with Crippen molar-refractivity contribution in [2.75, 3.05) is 16.8 Å². The van der Waals surface area contributed by atoms with Gasteiger partial charge in [-0.05, 0) is 24.5 Å². The van der Waals surface area contributed by atoms with Gasteiger partial charge < -0.3 is 5.32 Å². The van der Waals surface area contributed by atoms with Crippen molar-refractivity contribution in [3.05, 3.63) is 35.5 Å². The molecular formula is C15H15FN2O3S2. The van der Waals surface area contributed by atoms with Crippen molar-refractivity contribution in [3.63, 3.8) is 0 Å². The fourth-order valence-electron chi connectivity index (χ4n) is 2.58. The number of halogens is 1. The molecule has 0 aliphatic carbocycles. The van der Waals surface area contributed by atoms with Gasteiger partial charge in [-0.3, -0.25) is 4.79 Å². The van der Waals surface area contributed by atoms with Crippen LogP contribution < -0.4 is 5.32 Å². The minimum atomic E-state index is -2.98. The van der Waals surface area contributed by atoms with Gasteiger partial charge in [-0.25, -0.2) is 17.8 Å². The number of benzene rings is 1. The molecule has 1 aromatic heterocycles. The normalized spacial score (nSPS) is 19.6. The van der Waals surface area contributed by atoms with Crippen LogP contribution in [0.2, 0.25) is 0 Å². The van der Waals surface area contributed by atoms with Crippen LogP contribution >= 0.6 is 11.3 Å². The first kappa shape index (κ1) is 16.1. The Morgan fingerprint density at radius 2 is 2.26 bits per heavy atom. The Labute approximate surface area is 137 Å². The highest BCUT2D eigenvalue weighted by molar-refractivity contribution is 7.91. The molecule has 0 saturated carbocycles. The number of carbonyl (C=O) groups excluding carboxylic acids is 1. The van der Waals surface area contributed by atoms with E-state index in [1.165, 1.54) is 23.5 Å². The maximum Gasteiger partial charge on any atom is 0.226 e. The van der Waals surface area contributed by atoms with Crippen LogP contribution in [0.3, 0.4) is 0 Å². The molecule has 1 N–H and O–H groups in total. The van der Waals surface area contributed by atoms with E-state index < -0.39 is 9.84 Å². The van der Waals surface area contributed by atoms with Crippen LogP contribution in [-0.2, 0) is 14.6 Å². The van der Waals surface area contributed by atoms with E-state index in [0.717, 1.165) is 0 Å². The fraction of sp³-hybridized carbons (Fsp3) is 0.333. The number of carbonyl (C=O) groups is 1. The van der Waals surface area contributed by atoms with Crippen molar-refractivity contribution in [1.82, 2.24) is 4.98 Å². The number of nitrogens with one attached hydrogen (secondary N) is 1. The third-order valence-corrected chi connectivity index (χ3v) is 6.27. The average Bonchev–Trinajstić information content (AvgIpc) is 3.05. The highest BCUT2D eigenvalue weighted by Crippen LogP contribution is 2.26. The van der Waals surface area contributed by atoms with Gasteiger partial charge in [0.1, 0.15) is 5.82 Å². The second-order valence-corrected chi connectivity index (χ2v) is 8.66. The summed E-state index contributed by atoms with van der Waals surface area (Å²) in [7, 11) is -2.98. The maximum atomic E-state index is 13.2. The molecule has 23 heavy (non-hydrogen) atoms. The first-order valence-electron chi connectivity index (χ1n) is 7.13. The van der Waals surface area contributed by atoms with E-state index in [1.54, 1.807) is 17.5 Å². The molecule has 0 spiro atoms. The number of nitrogens with zero attached hydrogens (tertiary/aromatic N) is 1. The summed E-state index contributed by atoms with van der Waals surface area (Å²) in [5.74, 6) is -0.475. The zero-order chi connectivity index (χ0) is 16.4. The van der Waals surface area contributed by atoms with Gasteiger partial charge in [-0.2, -0.15) is 0 Å². The molecule has 1 aliphatic rings. The Morgan fingerprint density at radius 3 is 2.96 bits per heavy atom. The molecule has 2 heterocycles. The van der Waals surface area contributed by atoms with E-state index in [4.69, 9.17) is 0 Å². The number of hydrogen-bond acceptors (Lipinski definition) is 5. The van der Waals surface area contributed by atoms with Crippen LogP contribution in [0.1, 0.15) is 12.8 Å². The molecule has 3 rings (SSSR count). The van der Waals surface area contributed by atoms with Crippen molar-refractivity contribution in [1.29, 1.82) is 0 Å². The number of aromatic nitrogens is 1. The molecule has 122 valence electrons. The van der Waals surface area contributed by atoms with Crippen LogP contribution in [0, 0.1) is 11.7 Å². The molecule has 1 saturated heterocycles. The van der Waals surface area contributed by atoms with Crippen molar-refractivity contribution < 1.29 is 17.6 Å². The van der Waals surface area contributed by atoms with E-state index in [2.05, 4.69) is 10.3 Å². The Balaban J connectivity index is 1.62. The summed E-state index contributed by atoms with van der Waals surface area (Å²) in [6, 6.07) is 6.08. The summed E-state index contributed by atoms with van der Waals surface area (Å²) in [6.45, 7) is 0. The van der Waals surface area contributed by atoms with Crippen LogP contribution in [0.5, 0.6) is 0 Å². The van der Waals surface area contributed by atoms with Crippen LogP contribution in [-0.4, -0.2) is 30.8 Å². The molecule has 5 nitrogen and oxygen atoms in total. The van der Waals surface area contributed by atoms with Gasteiger partial charge in [0.15, 0.2) is 15.0 Å². The minimum Gasteiger partial charge on any atom is -0.302 e. The number of anilines is 1. The molecule has 1 aromatic carbocycles. The molecule has 0 radical (unpaired) electrons. The summed E-state index contributed by atoms with van der Waals surface area (Å²) in [4.78, 5) is 16.2. The smallest absolute Gasteiger partial charge is 0.226 e. The van der Waals surface area contributed by atoms with Crippen LogP contribution in [0.25, 0.3) is 11.3 Å². The molecule has 2 aromatic rings. The summed E-state index contributed by atoms with van der Waals surface area (Å²) in [5, 5.41) is 4.85. The lowest BCUT2D eigenvalue weighted by molar-refractivity contribution is -0.116. The topological polar surface area (TPSA) is 76.1 Å². The predicted molar refractivity (Wildman–Crippen MR) is 87.5 cm³/mol. The van der Waals surface area contributed by atoms with Crippen molar-refractivity contribution in [3.8, 4) is 11.3 Å². The third kappa shape index (κ3) is 4.14. The molecule has 1 fully saturated rings. The number of rotatable bonds is 4. The van der Waals surface area contributed by atoms with Gasteiger partial charge in [-0.15, -0.1) is 11.3 Å². The fourth-order valence-corrected chi connectivity index (χ4v) is 5.17. The van der Waals surface area contributed by atoms with Crippen LogP contribution in [0.4, 0.5) is 9.52 Å². The first-order chi connectivity index (χ1) is 10.9. The van der Waals surface area contributed by atoms with E-state index in [0.29, 0.717) is 22.8 Å². The molecule has 1 aliphatic heterocycles. The third-order valence-electron chi connectivity index (χ3n) is 3.67. The van der Waals surface area contributed by atoms with Gasteiger partial charge in [-0.1, -0.05) is 12.1 Å². The highest BCUT2D eigenvalue weighted by atomic mass is 32.2. The quantitative estimate of drug-likeness (QED) is 0.916. The molecule has 8 heteroatoms. The van der Waals surface area contributed by atoms with Crippen molar-refractivity contribution in [2.24, 2.45) is 5.92 Å². The molecule has 0 bridgehead atoms. The monoisotopic (exact) mass is 354 g/mol. The summed E-state index contributed by atoms with van der Waals surface area (Å²) >= 11 is 1.25. The van der Waals surface area contributed by atoms with Gasteiger partial charge in [0.2, 0.25) is 5.91 Å². The minimum absolute atomic E-state index is 0.0762. The number of sulfone groups is 1. The maximum absolute atomic E-state index is 13.2. The molecule has 1 amide bonds. The molecular weight excluding hydrogens is 339 g/mol. The lowest BCUT2D eigenvalue weighted by Gasteiger charge is -2.06. The van der Waals surface area contributed by atoms with Gasteiger partial charge in [0.25, 0.3) is 0 Å². The molecule has 1 atom stereocenters. The Hall–Kier alpha value is -1.80. The zero-order valence-electron chi connectivity index (χ0n) is 12.2. The van der Waals surface area contributed by atoms with Gasteiger partial charge in [0, 0.05) is 17.4 Å². The predicted octanol–water partition coefficient (Wildman–Crippen LogP) is 2.71. The summed E-state index contributed by atoms with van der Waals surface area (Å²) < 4.78 is 36.0. The number of amides is 1. The van der Waals surface area contributed by atoms with E-state index >= 15 is 0 Å². The average molecular weight is 354 g/mol. The zero-order valence-corrected chi connectivity index (χ0v) is 13.8. The SMILES string of the molecule is O=C(CC1CCS(=O)(=O)C1)Nc1nc(-c2cccc(F)c2)cs1. The van der Waals surface area contributed by atoms with Crippen molar-refractivity contribution >= 4 is 32.2 Å². The summed E-state index contributed by atoms with van der Waals surface area (Å²) in [5.41, 5.74) is 1.23.